The third kappa shape index (κ3) is 5.84. The number of hydrogen-bond acceptors (Lipinski definition) is 7. The molecule has 0 heterocycles. The van der Waals surface area contributed by atoms with Crippen LogP contribution in [0.3, 0.4) is 0 Å². The number of carboxylic acid groups (broad SMARTS) is 5. The molecule has 0 aliphatic carbocycles. The fraction of sp³-hybridized carbons (Fsp3) is 0.444. The molecular weight excluding hydrogens is 296 g/mol. The highest BCUT2D eigenvalue weighted by molar-refractivity contribution is 5.98. The van der Waals surface area contributed by atoms with Gasteiger partial charge < -0.3 is 25.5 Å². The van der Waals surface area contributed by atoms with Crippen molar-refractivity contribution in [3.05, 3.63) is 0 Å². The van der Waals surface area contributed by atoms with E-state index in [1.807, 2.05) is 5.32 Å². The van der Waals surface area contributed by atoms with Gasteiger partial charge in [-0.3, -0.25) is 15.4 Å². The molecule has 0 fully saturated rings. The molecule has 0 unspecified atom stereocenters. The maximum atomic E-state index is 10.8. The highest BCUT2D eigenvalue weighted by Crippen LogP contribution is 1.93. The summed E-state index contributed by atoms with van der Waals surface area (Å²) in [6, 6.07) is -6.20. The van der Waals surface area contributed by atoms with Crippen LogP contribution in [-0.2, 0) is 24.0 Å². The minimum absolute atomic E-state index is 0.824. The van der Waals surface area contributed by atoms with Gasteiger partial charge in [0.15, 0.2) is 0 Å². The average molecular weight is 308 g/mol. The Morgan fingerprint density at radius 3 is 1.33 bits per heavy atom. The standard InChI is InChI=1S/C9H12N2O10/c12-5(13)2(11-4(8(18)19)9(20)21)1-10-3(6(14)15)7(16)17/h2-4,10-11H,1H2,(H,12,13)(H,14,15)(H,16,17)(H,18,19)(H,20,21)/t2-/m1/s1. The van der Waals surface area contributed by atoms with E-state index >= 15 is 0 Å². The van der Waals surface area contributed by atoms with Crippen molar-refractivity contribution in [2.45, 2.75) is 18.1 Å². The molecule has 0 amide bonds. The maximum Gasteiger partial charge on any atom is 0.332 e. The molecule has 0 aromatic rings. The summed E-state index contributed by atoms with van der Waals surface area (Å²) in [7, 11) is 0. The van der Waals surface area contributed by atoms with Crippen molar-refractivity contribution in [2.24, 2.45) is 0 Å². The molecule has 1 atom stereocenters. The predicted molar refractivity (Wildman–Crippen MR) is 60.7 cm³/mol. The van der Waals surface area contributed by atoms with Crippen molar-refractivity contribution in [3.8, 4) is 0 Å². The summed E-state index contributed by atoms with van der Waals surface area (Å²) in [5.74, 6) is -8.99. The number of hydrogen-bond donors (Lipinski definition) is 7. The summed E-state index contributed by atoms with van der Waals surface area (Å²) >= 11 is 0. The molecule has 0 saturated heterocycles. The lowest BCUT2D eigenvalue weighted by atomic mass is 10.2. The number of aliphatic carboxylic acids is 5. The molecule has 0 aliphatic heterocycles. The molecule has 21 heavy (non-hydrogen) atoms. The highest BCUT2D eigenvalue weighted by atomic mass is 16.4. The summed E-state index contributed by atoms with van der Waals surface area (Å²) in [6.07, 6.45) is 0. The Balaban J connectivity index is 4.89. The Labute approximate surface area is 116 Å². The van der Waals surface area contributed by atoms with Crippen LogP contribution in [0.25, 0.3) is 0 Å². The van der Waals surface area contributed by atoms with Gasteiger partial charge >= 0.3 is 29.8 Å². The number of carbonyl (C=O) groups is 5. The van der Waals surface area contributed by atoms with Gasteiger partial charge in [-0.1, -0.05) is 0 Å². The van der Waals surface area contributed by atoms with E-state index in [-0.39, 0.29) is 0 Å². The van der Waals surface area contributed by atoms with Crippen LogP contribution < -0.4 is 10.6 Å². The molecule has 118 valence electrons. The van der Waals surface area contributed by atoms with Crippen LogP contribution in [-0.4, -0.2) is 80.0 Å². The fourth-order valence-electron chi connectivity index (χ4n) is 1.18. The average Bonchev–Trinajstić information content (AvgIpc) is 2.30. The van der Waals surface area contributed by atoms with Gasteiger partial charge in [0.2, 0.25) is 12.1 Å². The third-order valence-corrected chi connectivity index (χ3v) is 2.18. The molecule has 7 N–H and O–H groups in total. The highest BCUT2D eigenvalue weighted by Gasteiger charge is 2.33. The lowest BCUT2D eigenvalue weighted by Gasteiger charge is -2.19. The molecule has 0 saturated carbocycles. The minimum atomic E-state index is -2.25. The Hall–Kier alpha value is -2.73. The van der Waals surface area contributed by atoms with E-state index in [2.05, 4.69) is 0 Å². The van der Waals surface area contributed by atoms with Gasteiger partial charge in [0.1, 0.15) is 6.04 Å². The van der Waals surface area contributed by atoms with Crippen LogP contribution in [0.15, 0.2) is 0 Å². The number of rotatable bonds is 10. The van der Waals surface area contributed by atoms with Crippen molar-refractivity contribution in [3.63, 3.8) is 0 Å². The lowest BCUT2D eigenvalue weighted by molar-refractivity contribution is -0.155. The normalized spacial score (nSPS) is 12.1. The Morgan fingerprint density at radius 2 is 1.05 bits per heavy atom. The molecule has 12 nitrogen and oxygen atoms in total. The van der Waals surface area contributed by atoms with Crippen LogP contribution in [0, 0.1) is 0 Å². The Kier molecular flexibility index (Phi) is 6.75. The monoisotopic (exact) mass is 308 g/mol. The molecule has 0 radical (unpaired) electrons. The zero-order valence-corrected chi connectivity index (χ0v) is 10.2. The van der Waals surface area contributed by atoms with Crippen LogP contribution in [0.2, 0.25) is 0 Å². The summed E-state index contributed by atoms with van der Waals surface area (Å²) < 4.78 is 0. The molecular formula is C9H12N2O10. The van der Waals surface area contributed by atoms with Crippen molar-refractivity contribution in [1.29, 1.82) is 0 Å². The Morgan fingerprint density at radius 1 is 0.667 bits per heavy atom. The van der Waals surface area contributed by atoms with Gasteiger partial charge in [-0.15, -0.1) is 0 Å². The van der Waals surface area contributed by atoms with Gasteiger partial charge in [0.25, 0.3) is 0 Å². The third-order valence-electron chi connectivity index (χ3n) is 2.18. The smallest absolute Gasteiger partial charge is 0.332 e. The second-order valence-electron chi connectivity index (χ2n) is 3.68. The van der Waals surface area contributed by atoms with Crippen molar-refractivity contribution in [1.82, 2.24) is 10.6 Å². The van der Waals surface area contributed by atoms with E-state index in [9.17, 15) is 24.0 Å². The first-order valence-electron chi connectivity index (χ1n) is 5.21. The second kappa shape index (κ2) is 7.76. The van der Waals surface area contributed by atoms with E-state index in [1.165, 1.54) is 0 Å². The molecule has 0 aromatic heterocycles. The lowest BCUT2D eigenvalue weighted by Crippen LogP contribution is -2.57. The van der Waals surface area contributed by atoms with Gasteiger partial charge in [-0.2, -0.15) is 0 Å². The predicted octanol–water partition coefficient (Wildman–Crippen LogP) is -3.31. The SMILES string of the molecule is O=C(O)C(NC[C@@H](NC(C(=O)O)C(=O)O)C(=O)O)C(=O)O. The van der Waals surface area contributed by atoms with E-state index in [4.69, 9.17) is 25.5 Å². The van der Waals surface area contributed by atoms with Gasteiger partial charge in [0.05, 0.1) is 0 Å². The number of carboxylic acids is 5. The second-order valence-corrected chi connectivity index (χ2v) is 3.68. The van der Waals surface area contributed by atoms with E-state index in [0.29, 0.717) is 0 Å². The summed E-state index contributed by atoms with van der Waals surface area (Å²) in [5.41, 5.74) is 0. The van der Waals surface area contributed by atoms with Crippen molar-refractivity contribution >= 4 is 29.8 Å². The maximum absolute atomic E-state index is 10.8. The summed E-state index contributed by atoms with van der Waals surface area (Å²) in [5, 5.41) is 46.7. The molecule has 12 heteroatoms. The molecule has 0 aromatic carbocycles. The zero-order chi connectivity index (χ0) is 16.7. The first-order valence-corrected chi connectivity index (χ1v) is 5.21. The van der Waals surface area contributed by atoms with Crippen LogP contribution in [0.1, 0.15) is 0 Å². The van der Waals surface area contributed by atoms with Crippen molar-refractivity contribution < 1.29 is 49.5 Å². The van der Waals surface area contributed by atoms with E-state index < -0.39 is 54.5 Å². The summed E-state index contributed by atoms with van der Waals surface area (Å²) in [4.78, 5) is 53.2. The Bertz CT molecular complexity index is 433. The molecule has 0 spiro atoms. The minimum Gasteiger partial charge on any atom is -0.480 e. The summed E-state index contributed by atoms with van der Waals surface area (Å²) in [6.45, 7) is -0.824. The molecule has 0 bridgehead atoms. The molecule has 0 aliphatic rings. The van der Waals surface area contributed by atoms with Crippen molar-refractivity contribution in [2.75, 3.05) is 6.54 Å². The largest absolute Gasteiger partial charge is 0.480 e. The van der Waals surface area contributed by atoms with Crippen LogP contribution in [0.5, 0.6) is 0 Å². The zero-order valence-electron chi connectivity index (χ0n) is 10.2. The number of nitrogens with one attached hydrogen (secondary N) is 2. The first kappa shape index (κ1) is 18.3. The van der Waals surface area contributed by atoms with E-state index in [0.717, 1.165) is 0 Å². The quantitative estimate of drug-likeness (QED) is 0.198. The topological polar surface area (TPSA) is 211 Å². The van der Waals surface area contributed by atoms with Crippen LogP contribution in [0.4, 0.5) is 0 Å². The van der Waals surface area contributed by atoms with Gasteiger partial charge in [-0.25, -0.2) is 19.2 Å². The van der Waals surface area contributed by atoms with E-state index in [1.54, 1.807) is 5.32 Å². The van der Waals surface area contributed by atoms with Gasteiger partial charge in [-0.05, 0) is 0 Å². The fourth-order valence-corrected chi connectivity index (χ4v) is 1.18. The van der Waals surface area contributed by atoms with Gasteiger partial charge in [0, 0.05) is 6.54 Å². The first-order chi connectivity index (χ1) is 9.57. The molecule has 0 rings (SSSR count). The van der Waals surface area contributed by atoms with Crippen LogP contribution >= 0.6 is 0 Å².